The second-order valence-electron chi connectivity index (χ2n) is 6.34. The first-order valence-corrected chi connectivity index (χ1v) is 7.88. The number of hydrogen-bond donors (Lipinski definition) is 2. The van der Waals surface area contributed by atoms with Crippen molar-refractivity contribution >= 4 is 12.0 Å². The van der Waals surface area contributed by atoms with E-state index in [1.807, 2.05) is 11.8 Å². The van der Waals surface area contributed by atoms with Crippen LogP contribution in [0.5, 0.6) is 0 Å². The van der Waals surface area contributed by atoms with Gasteiger partial charge in [0.15, 0.2) is 0 Å². The molecule has 2 N–H and O–H groups in total. The van der Waals surface area contributed by atoms with Gasteiger partial charge in [-0.3, -0.25) is 4.79 Å². The summed E-state index contributed by atoms with van der Waals surface area (Å²) >= 11 is 0. The van der Waals surface area contributed by atoms with Gasteiger partial charge in [-0.2, -0.15) is 0 Å². The van der Waals surface area contributed by atoms with E-state index in [9.17, 15) is 9.59 Å². The molecule has 2 rings (SSSR count). The molecule has 2 aliphatic rings. The molecular formula is C15H26N2O4. The third kappa shape index (κ3) is 4.88. The number of piperidine rings is 1. The highest BCUT2D eigenvalue weighted by atomic mass is 16.5. The van der Waals surface area contributed by atoms with Gasteiger partial charge in [0.25, 0.3) is 0 Å². The quantitative estimate of drug-likeness (QED) is 0.807. The number of likely N-dealkylation sites (tertiary alicyclic amines) is 1. The van der Waals surface area contributed by atoms with Crippen LogP contribution < -0.4 is 5.32 Å². The Morgan fingerprint density at radius 2 is 2.24 bits per heavy atom. The molecule has 6 nitrogen and oxygen atoms in total. The maximum atomic E-state index is 12.2. The number of aliphatic carboxylic acids is 1. The third-order valence-corrected chi connectivity index (χ3v) is 4.61. The maximum absolute atomic E-state index is 12.2. The summed E-state index contributed by atoms with van der Waals surface area (Å²) < 4.78 is 5.30. The second kappa shape index (κ2) is 7.64. The Kier molecular flexibility index (Phi) is 5.85. The molecule has 0 spiro atoms. The first-order valence-electron chi connectivity index (χ1n) is 7.88. The molecule has 2 heterocycles. The van der Waals surface area contributed by atoms with Crippen molar-refractivity contribution in [2.45, 2.75) is 32.6 Å². The molecule has 0 saturated carbocycles. The van der Waals surface area contributed by atoms with Crippen molar-refractivity contribution in [2.75, 3.05) is 32.8 Å². The molecule has 0 aliphatic carbocycles. The zero-order chi connectivity index (χ0) is 15.2. The van der Waals surface area contributed by atoms with Gasteiger partial charge in [-0.05, 0) is 31.1 Å². The van der Waals surface area contributed by atoms with Gasteiger partial charge in [-0.1, -0.05) is 6.92 Å². The second-order valence-corrected chi connectivity index (χ2v) is 6.34. The van der Waals surface area contributed by atoms with E-state index in [0.29, 0.717) is 19.0 Å². The number of rotatable bonds is 5. The van der Waals surface area contributed by atoms with Crippen LogP contribution in [0.3, 0.4) is 0 Å². The predicted octanol–water partition coefficient (Wildman–Crippen LogP) is 1.56. The number of ether oxygens (including phenoxy) is 1. The van der Waals surface area contributed by atoms with E-state index < -0.39 is 5.97 Å². The van der Waals surface area contributed by atoms with Gasteiger partial charge in [0.05, 0.1) is 6.61 Å². The van der Waals surface area contributed by atoms with Crippen molar-refractivity contribution in [1.29, 1.82) is 0 Å². The molecule has 0 bridgehead atoms. The molecule has 3 unspecified atom stereocenters. The fourth-order valence-electron chi connectivity index (χ4n) is 3.19. The van der Waals surface area contributed by atoms with Crippen molar-refractivity contribution in [2.24, 2.45) is 17.8 Å². The predicted molar refractivity (Wildman–Crippen MR) is 78.0 cm³/mol. The molecule has 2 aliphatic heterocycles. The van der Waals surface area contributed by atoms with E-state index in [0.717, 1.165) is 39.0 Å². The molecular weight excluding hydrogens is 272 g/mol. The zero-order valence-corrected chi connectivity index (χ0v) is 12.7. The molecule has 2 fully saturated rings. The van der Waals surface area contributed by atoms with Gasteiger partial charge < -0.3 is 20.1 Å². The summed E-state index contributed by atoms with van der Waals surface area (Å²) in [5, 5.41) is 11.9. The Hall–Kier alpha value is -1.30. The number of amides is 2. The minimum Gasteiger partial charge on any atom is -0.481 e. The summed E-state index contributed by atoms with van der Waals surface area (Å²) in [4.78, 5) is 24.9. The van der Waals surface area contributed by atoms with Crippen molar-refractivity contribution in [3.05, 3.63) is 0 Å². The molecule has 2 amide bonds. The molecule has 21 heavy (non-hydrogen) atoms. The summed E-state index contributed by atoms with van der Waals surface area (Å²) in [5.41, 5.74) is 0. The van der Waals surface area contributed by atoms with Crippen LogP contribution in [0.25, 0.3) is 0 Å². The normalized spacial score (nSPS) is 27.4. The topological polar surface area (TPSA) is 78.9 Å². The highest BCUT2D eigenvalue weighted by Gasteiger charge is 2.28. The van der Waals surface area contributed by atoms with Crippen molar-refractivity contribution in [3.8, 4) is 0 Å². The molecule has 6 heteroatoms. The average Bonchev–Trinajstić information content (AvgIpc) is 2.97. The summed E-state index contributed by atoms with van der Waals surface area (Å²) in [6, 6.07) is -0.0193. The highest BCUT2D eigenvalue weighted by molar-refractivity contribution is 5.74. The summed E-state index contributed by atoms with van der Waals surface area (Å²) in [6.45, 7) is 5.60. The molecule has 3 atom stereocenters. The number of hydrogen-bond acceptors (Lipinski definition) is 3. The third-order valence-electron chi connectivity index (χ3n) is 4.61. The maximum Gasteiger partial charge on any atom is 0.317 e. The Bertz CT molecular complexity index is 369. The van der Waals surface area contributed by atoms with Crippen LogP contribution in [-0.4, -0.2) is 54.9 Å². The van der Waals surface area contributed by atoms with Crippen molar-refractivity contribution < 1.29 is 19.4 Å². The first kappa shape index (κ1) is 16.1. The van der Waals surface area contributed by atoms with Crippen LogP contribution >= 0.6 is 0 Å². The fourth-order valence-corrected chi connectivity index (χ4v) is 3.19. The largest absolute Gasteiger partial charge is 0.481 e. The van der Waals surface area contributed by atoms with Gasteiger partial charge in [0.1, 0.15) is 0 Å². The monoisotopic (exact) mass is 298 g/mol. The number of carboxylic acid groups (broad SMARTS) is 1. The molecule has 2 saturated heterocycles. The molecule has 120 valence electrons. The number of nitrogens with zero attached hydrogens (tertiary/aromatic N) is 1. The van der Waals surface area contributed by atoms with Gasteiger partial charge in [0, 0.05) is 38.6 Å². The van der Waals surface area contributed by atoms with E-state index in [4.69, 9.17) is 9.84 Å². The highest BCUT2D eigenvalue weighted by Crippen LogP contribution is 2.26. The summed E-state index contributed by atoms with van der Waals surface area (Å²) in [5.74, 6) is 0.0718. The van der Waals surface area contributed by atoms with E-state index in [-0.39, 0.29) is 24.3 Å². The molecule has 0 aromatic carbocycles. The molecule has 0 aromatic rings. The summed E-state index contributed by atoms with van der Waals surface area (Å²) in [7, 11) is 0. The lowest BCUT2D eigenvalue weighted by atomic mass is 9.85. The standard InChI is InChI=1S/C15H26N2O4/c1-11(7-14(18)19)13-3-2-5-17(9-13)15(20)16-8-12-4-6-21-10-12/h11-13H,2-10H2,1H3,(H,16,20)(H,18,19). The van der Waals surface area contributed by atoms with Crippen LogP contribution in [0.1, 0.15) is 32.6 Å². The van der Waals surface area contributed by atoms with Gasteiger partial charge >= 0.3 is 12.0 Å². The van der Waals surface area contributed by atoms with Gasteiger partial charge in [-0.15, -0.1) is 0 Å². The van der Waals surface area contributed by atoms with Crippen LogP contribution in [0.15, 0.2) is 0 Å². The lowest BCUT2D eigenvalue weighted by molar-refractivity contribution is -0.138. The SMILES string of the molecule is CC(CC(=O)O)C1CCCN(C(=O)NCC2CCOC2)C1. The zero-order valence-electron chi connectivity index (χ0n) is 12.7. The van der Waals surface area contributed by atoms with Gasteiger partial charge in [0.2, 0.25) is 0 Å². The molecule has 0 aromatic heterocycles. The van der Waals surface area contributed by atoms with Crippen LogP contribution in [0.2, 0.25) is 0 Å². The van der Waals surface area contributed by atoms with E-state index in [1.54, 1.807) is 0 Å². The minimum absolute atomic E-state index is 0.0193. The number of nitrogens with one attached hydrogen (secondary N) is 1. The smallest absolute Gasteiger partial charge is 0.317 e. The summed E-state index contributed by atoms with van der Waals surface area (Å²) in [6.07, 6.45) is 3.15. The average molecular weight is 298 g/mol. The lowest BCUT2D eigenvalue weighted by Crippen LogP contribution is -2.47. The number of urea groups is 1. The minimum atomic E-state index is -0.759. The lowest BCUT2D eigenvalue weighted by Gasteiger charge is -2.35. The van der Waals surface area contributed by atoms with Crippen molar-refractivity contribution in [3.63, 3.8) is 0 Å². The van der Waals surface area contributed by atoms with Crippen LogP contribution in [-0.2, 0) is 9.53 Å². The Morgan fingerprint density at radius 1 is 1.43 bits per heavy atom. The number of carbonyl (C=O) groups is 2. The Morgan fingerprint density at radius 3 is 2.90 bits per heavy atom. The van der Waals surface area contributed by atoms with E-state index in [2.05, 4.69) is 5.32 Å². The Labute approximate surface area is 125 Å². The Balaban J connectivity index is 1.76. The number of carboxylic acids is 1. The van der Waals surface area contributed by atoms with Crippen LogP contribution in [0, 0.1) is 17.8 Å². The van der Waals surface area contributed by atoms with Gasteiger partial charge in [-0.25, -0.2) is 4.79 Å². The van der Waals surface area contributed by atoms with E-state index in [1.165, 1.54) is 0 Å². The van der Waals surface area contributed by atoms with Crippen LogP contribution in [0.4, 0.5) is 4.79 Å². The van der Waals surface area contributed by atoms with Crippen molar-refractivity contribution in [1.82, 2.24) is 10.2 Å². The number of carbonyl (C=O) groups excluding carboxylic acids is 1. The van der Waals surface area contributed by atoms with E-state index >= 15 is 0 Å². The first-order chi connectivity index (χ1) is 10.1. The fraction of sp³-hybridized carbons (Fsp3) is 0.867. The molecule has 0 radical (unpaired) electrons.